The van der Waals surface area contributed by atoms with E-state index in [2.05, 4.69) is 10.0 Å². The number of benzene rings is 1. The highest BCUT2D eigenvalue weighted by Crippen LogP contribution is 2.20. The molecule has 1 heterocycles. The number of hydrogen-bond donors (Lipinski definition) is 2. The molecule has 2 N–H and O–H groups in total. The molecule has 1 fully saturated rings. The van der Waals surface area contributed by atoms with Gasteiger partial charge in [0.05, 0.1) is 11.8 Å². The SMILES string of the molecule is CNc1ccccc1S(=O)(=O)NCCC1CCCO1. The zero-order valence-electron chi connectivity index (χ0n) is 11.1. The Hall–Kier alpha value is -1.11. The minimum atomic E-state index is -3.46. The maximum absolute atomic E-state index is 12.2. The molecule has 1 atom stereocenters. The number of sulfonamides is 1. The van der Waals surface area contributed by atoms with Crippen LogP contribution in [0.25, 0.3) is 0 Å². The summed E-state index contributed by atoms with van der Waals surface area (Å²) in [6.07, 6.45) is 3.01. The van der Waals surface area contributed by atoms with Crippen molar-refractivity contribution in [3.05, 3.63) is 24.3 Å². The first kappa shape index (κ1) is 14.3. The number of anilines is 1. The van der Waals surface area contributed by atoms with Crippen LogP contribution in [0.2, 0.25) is 0 Å². The summed E-state index contributed by atoms with van der Waals surface area (Å²) < 4.78 is 32.5. The van der Waals surface area contributed by atoms with Crippen LogP contribution in [0.4, 0.5) is 5.69 Å². The monoisotopic (exact) mass is 284 g/mol. The molecule has 0 spiro atoms. The molecular weight excluding hydrogens is 264 g/mol. The molecule has 1 aromatic rings. The number of rotatable bonds is 6. The van der Waals surface area contributed by atoms with Gasteiger partial charge in [-0.2, -0.15) is 0 Å². The Bertz CT molecular complexity index is 510. The second kappa shape index (κ2) is 6.36. The van der Waals surface area contributed by atoms with E-state index in [0.29, 0.717) is 12.2 Å². The van der Waals surface area contributed by atoms with Gasteiger partial charge in [0.1, 0.15) is 4.90 Å². The normalized spacial score (nSPS) is 19.5. The molecule has 0 radical (unpaired) electrons. The van der Waals surface area contributed by atoms with Gasteiger partial charge in [-0.1, -0.05) is 12.1 Å². The van der Waals surface area contributed by atoms with Crippen LogP contribution in [0.3, 0.4) is 0 Å². The molecule has 0 aliphatic carbocycles. The summed E-state index contributed by atoms with van der Waals surface area (Å²) in [5, 5.41) is 2.89. The van der Waals surface area contributed by atoms with Gasteiger partial charge in [0.15, 0.2) is 0 Å². The van der Waals surface area contributed by atoms with E-state index in [1.807, 2.05) is 0 Å². The van der Waals surface area contributed by atoms with Crippen molar-refractivity contribution in [2.45, 2.75) is 30.3 Å². The maximum Gasteiger partial charge on any atom is 0.242 e. The van der Waals surface area contributed by atoms with Gasteiger partial charge >= 0.3 is 0 Å². The van der Waals surface area contributed by atoms with Crippen LogP contribution in [0, 0.1) is 0 Å². The second-order valence-corrected chi connectivity index (χ2v) is 6.30. The Morgan fingerprint density at radius 2 is 2.16 bits per heavy atom. The van der Waals surface area contributed by atoms with Crippen LogP contribution in [0.1, 0.15) is 19.3 Å². The van der Waals surface area contributed by atoms with Gasteiger partial charge in [0.2, 0.25) is 10.0 Å². The van der Waals surface area contributed by atoms with Gasteiger partial charge < -0.3 is 10.1 Å². The average molecular weight is 284 g/mol. The first-order valence-corrected chi connectivity index (χ1v) is 8.00. The molecule has 0 saturated carbocycles. The quantitative estimate of drug-likeness (QED) is 0.832. The van der Waals surface area contributed by atoms with Crippen LogP contribution < -0.4 is 10.0 Å². The third-order valence-corrected chi connectivity index (χ3v) is 4.75. The number of ether oxygens (including phenoxy) is 1. The third kappa shape index (κ3) is 3.68. The zero-order valence-corrected chi connectivity index (χ0v) is 11.9. The zero-order chi connectivity index (χ0) is 13.7. The summed E-state index contributed by atoms with van der Waals surface area (Å²) in [6.45, 7) is 1.20. The minimum absolute atomic E-state index is 0.197. The molecular formula is C13H20N2O3S. The fraction of sp³-hybridized carbons (Fsp3) is 0.538. The fourth-order valence-electron chi connectivity index (χ4n) is 2.21. The maximum atomic E-state index is 12.2. The highest BCUT2D eigenvalue weighted by molar-refractivity contribution is 7.89. The van der Waals surface area contributed by atoms with Gasteiger partial charge in [0, 0.05) is 20.2 Å². The van der Waals surface area contributed by atoms with Crippen molar-refractivity contribution in [1.29, 1.82) is 0 Å². The smallest absolute Gasteiger partial charge is 0.242 e. The van der Waals surface area contributed by atoms with E-state index < -0.39 is 10.0 Å². The Morgan fingerprint density at radius 3 is 2.84 bits per heavy atom. The Balaban J connectivity index is 1.97. The van der Waals surface area contributed by atoms with Gasteiger partial charge in [-0.05, 0) is 31.4 Å². The highest BCUT2D eigenvalue weighted by atomic mass is 32.2. The predicted octanol–water partition coefficient (Wildman–Crippen LogP) is 1.58. The third-order valence-electron chi connectivity index (χ3n) is 3.23. The Kier molecular flexibility index (Phi) is 4.79. The summed E-state index contributed by atoms with van der Waals surface area (Å²) in [5.74, 6) is 0. The summed E-state index contributed by atoms with van der Waals surface area (Å²) in [6, 6.07) is 6.86. The van der Waals surface area contributed by atoms with E-state index >= 15 is 0 Å². The summed E-state index contributed by atoms with van der Waals surface area (Å²) >= 11 is 0. The van der Waals surface area contributed by atoms with Crippen molar-refractivity contribution in [1.82, 2.24) is 4.72 Å². The van der Waals surface area contributed by atoms with Gasteiger partial charge in [-0.3, -0.25) is 0 Å². The van der Waals surface area contributed by atoms with E-state index in [1.54, 1.807) is 31.3 Å². The van der Waals surface area contributed by atoms with Crippen molar-refractivity contribution in [3.8, 4) is 0 Å². The van der Waals surface area contributed by atoms with E-state index in [9.17, 15) is 8.42 Å². The van der Waals surface area contributed by atoms with Crippen LogP contribution in [-0.2, 0) is 14.8 Å². The second-order valence-electron chi connectivity index (χ2n) is 4.57. The van der Waals surface area contributed by atoms with Crippen LogP contribution in [0.15, 0.2) is 29.2 Å². The molecule has 1 saturated heterocycles. The summed E-state index contributed by atoms with van der Waals surface area (Å²) in [5.41, 5.74) is 0.604. The molecule has 2 rings (SSSR count). The van der Waals surface area contributed by atoms with Crippen molar-refractivity contribution in [2.24, 2.45) is 0 Å². The molecule has 1 aliphatic rings. The molecule has 106 valence electrons. The van der Waals surface area contributed by atoms with Gasteiger partial charge in [0.25, 0.3) is 0 Å². The topological polar surface area (TPSA) is 67.4 Å². The summed E-state index contributed by atoms with van der Waals surface area (Å²) in [4.78, 5) is 0.282. The first-order valence-electron chi connectivity index (χ1n) is 6.51. The molecule has 5 nitrogen and oxygen atoms in total. The molecule has 0 aromatic heterocycles. The first-order chi connectivity index (χ1) is 9.13. The largest absolute Gasteiger partial charge is 0.387 e. The molecule has 6 heteroatoms. The lowest BCUT2D eigenvalue weighted by Gasteiger charge is -2.12. The van der Waals surface area contributed by atoms with Crippen molar-refractivity contribution < 1.29 is 13.2 Å². The number of hydrogen-bond acceptors (Lipinski definition) is 4. The van der Waals surface area contributed by atoms with Crippen molar-refractivity contribution >= 4 is 15.7 Å². The van der Waals surface area contributed by atoms with Crippen molar-refractivity contribution in [2.75, 3.05) is 25.5 Å². The number of nitrogens with one attached hydrogen (secondary N) is 2. The lowest BCUT2D eigenvalue weighted by molar-refractivity contribution is 0.105. The number of para-hydroxylation sites is 1. The van der Waals surface area contributed by atoms with Crippen LogP contribution >= 0.6 is 0 Å². The highest BCUT2D eigenvalue weighted by Gasteiger charge is 2.19. The average Bonchev–Trinajstić information content (AvgIpc) is 2.91. The van der Waals surface area contributed by atoms with E-state index in [-0.39, 0.29) is 11.0 Å². The molecule has 1 aromatic carbocycles. The Morgan fingerprint density at radius 1 is 1.37 bits per heavy atom. The molecule has 0 bridgehead atoms. The van der Waals surface area contributed by atoms with Crippen molar-refractivity contribution in [3.63, 3.8) is 0 Å². The lowest BCUT2D eigenvalue weighted by Crippen LogP contribution is -2.27. The van der Waals surface area contributed by atoms with E-state index in [0.717, 1.165) is 25.9 Å². The Labute approximate surface area is 114 Å². The van der Waals surface area contributed by atoms with E-state index in [1.165, 1.54) is 0 Å². The molecule has 1 unspecified atom stereocenters. The molecule has 19 heavy (non-hydrogen) atoms. The molecule has 1 aliphatic heterocycles. The molecule has 0 amide bonds. The van der Waals surface area contributed by atoms with Crippen LogP contribution in [-0.4, -0.2) is 34.7 Å². The lowest BCUT2D eigenvalue weighted by atomic mass is 10.2. The van der Waals surface area contributed by atoms with E-state index in [4.69, 9.17) is 4.74 Å². The fourth-order valence-corrected chi connectivity index (χ4v) is 3.47. The summed E-state index contributed by atoms with van der Waals surface area (Å²) in [7, 11) is -1.75. The van der Waals surface area contributed by atoms with Crippen LogP contribution in [0.5, 0.6) is 0 Å². The van der Waals surface area contributed by atoms with Gasteiger partial charge in [-0.25, -0.2) is 13.1 Å². The minimum Gasteiger partial charge on any atom is -0.387 e. The standard InChI is InChI=1S/C13H20N2O3S/c1-14-12-6-2-3-7-13(12)19(16,17)15-9-8-11-5-4-10-18-11/h2-3,6-7,11,14-15H,4-5,8-10H2,1H3. The van der Waals surface area contributed by atoms with Gasteiger partial charge in [-0.15, -0.1) is 0 Å². The predicted molar refractivity (Wildman–Crippen MR) is 74.8 cm³/mol.